The number of halogens is 1. The summed E-state index contributed by atoms with van der Waals surface area (Å²) in [6, 6.07) is 16.2. The first-order chi connectivity index (χ1) is 9.65. The van der Waals surface area contributed by atoms with Crippen molar-refractivity contribution < 1.29 is 9.53 Å². The predicted octanol–water partition coefficient (Wildman–Crippen LogP) is 2.95. The highest BCUT2D eigenvalue weighted by Gasteiger charge is 2.15. The third-order valence-electron chi connectivity index (χ3n) is 2.87. The van der Waals surface area contributed by atoms with Gasteiger partial charge in [0.25, 0.3) is 0 Å². The topological polar surface area (TPSA) is 52.3 Å². The number of benzene rings is 2. The molecule has 0 bridgehead atoms. The van der Waals surface area contributed by atoms with E-state index < -0.39 is 12.0 Å². The summed E-state index contributed by atoms with van der Waals surface area (Å²) in [5.41, 5.74) is 7.70. The Hall–Kier alpha value is -1.84. The molecule has 0 aliphatic carbocycles. The molecule has 0 unspecified atom stereocenters. The van der Waals surface area contributed by atoms with E-state index in [9.17, 15) is 4.79 Å². The van der Waals surface area contributed by atoms with Gasteiger partial charge in [-0.25, -0.2) is 0 Å². The Bertz CT molecular complexity index is 572. The predicted molar refractivity (Wildman–Crippen MR) is 79.4 cm³/mol. The molecule has 2 aromatic carbocycles. The highest BCUT2D eigenvalue weighted by Crippen LogP contribution is 2.12. The Morgan fingerprint density at radius 1 is 1.10 bits per heavy atom. The largest absolute Gasteiger partial charge is 0.460 e. The van der Waals surface area contributed by atoms with E-state index in [1.807, 2.05) is 42.5 Å². The van der Waals surface area contributed by atoms with Crippen molar-refractivity contribution in [1.82, 2.24) is 0 Å². The molecule has 0 saturated heterocycles. The molecule has 0 radical (unpaired) electrons. The zero-order valence-corrected chi connectivity index (χ0v) is 11.7. The van der Waals surface area contributed by atoms with Gasteiger partial charge in [0.1, 0.15) is 12.6 Å². The van der Waals surface area contributed by atoms with Crippen LogP contribution in [-0.4, -0.2) is 12.0 Å². The molecule has 0 fully saturated rings. The van der Waals surface area contributed by atoms with Gasteiger partial charge >= 0.3 is 5.97 Å². The number of nitrogens with two attached hydrogens (primary N) is 1. The van der Waals surface area contributed by atoms with Gasteiger partial charge in [-0.05, 0) is 29.7 Å². The minimum Gasteiger partial charge on any atom is -0.460 e. The van der Waals surface area contributed by atoms with Crippen LogP contribution in [0.3, 0.4) is 0 Å². The second-order valence-corrected chi connectivity index (χ2v) is 4.97. The fraction of sp³-hybridized carbons (Fsp3) is 0.188. The lowest BCUT2D eigenvalue weighted by Crippen LogP contribution is -2.34. The maximum absolute atomic E-state index is 11.8. The van der Waals surface area contributed by atoms with Gasteiger partial charge in [-0.1, -0.05) is 54.1 Å². The second kappa shape index (κ2) is 7.08. The van der Waals surface area contributed by atoms with E-state index in [4.69, 9.17) is 22.1 Å². The van der Waals surface area contributed by atoms with E-state index in [1.165, 1.54) is 0 Å². The summed E-state index contributed by atoms with van der Waals surface area (Å²) in [6.07, 6.45) is 0.467. The number of carbonyl (C=O) groups excluding carboxylic acids is 1. The third kappa shape index (κ3) is 4.37. The number of ether oxygens (including phenoxy) is 1. The molecule has 0 amide bonds. The molecule has 2 aromatic rings. The SMILES string of the molecule is N[C@H](Cc1ccccc1)C(=O)OCc1cccc(Cl)c1. The molecule has 4 heteroatoms. The molecule has 3 nitrogen and oxygen atoms in total. The Morgan fingerprint density at radius 3 is 2.50 bits per heavy atom. The Kier molecular flexibility index (Phi) is 5.16. The second-order valence-electron chi connectivity index (χ2n) is 4.53. The lowest BCUT2D eigenvalue weighted by molar-refractivity contribution is -0.146. The fourth-order valence-corrected chi connectivity index (χ4v) is 2.05. The van der Waals surface area contributed by atoms with Crippen molar-refractivity contribution >= 4 is 17.6 Å². The van der Waals surface area contributed by atoms with Crippen LogP contribution in [0.5, 0.6) is 0 Å². The van der Waals surface area contributed by atoms with E-state index in [0.717, 1.165) is 11.1 Å². The first-order valence-corrected chi connectivity index (χ1v) is 6.73. The van der Waals surface area contributed by atoms with Crippen LogP contribution < -0.4 is 5.73 Å². The van der Waals surface area contributed by atoms with Crippen LogP contribution in [0.4, 0.5) is 0 Å². The molecule has 0 aliphatic heterocycles. The zero-order chi connectivity index (χ0) is 14.4. The van der Waals surface area contributed by atoms with Crippen molar-refractivity contribution in [3.63, 3.8) is 0 Å². The van der Waals surface area contributed by atoms with Crippen LogP contribution in [0.25, 0.3) is 0 Å². The van der Waals surface area contributed by atoms with E-state index in [1.54, 1.807) is 12.1 Å². The summed E-state index contributed by atoms with van der Waals surface area (Å²) < 4.78 is 5.19. The summed E-state index contributed by atoms with van der Waals surface area (Å²) in [4.78, 5) is 11.8. The highest BCUT2D eigenvalue weighted by molar-refractivity contribution is 6.30. The van der Waals surface area contributed by atoms with Gasteiger partial charge in [0.15, 0.2) is 0 Å². The first-order valence-electron chi connectivity index (χ1n) is 6.36. The van der Waals surface area contributed by atoms with Crippen molar-refractivity contribution in [3.05, 3.63) is 70.7 Å². The highest BCUT2D eigenvalue weighted by atomic mass is 35.5. The van der Waals surface area contributed by atoms with Crippen LogP contribution >= 0.6 is 11.6 Å². The number of rotatable bonds is 5. The van der Waals surface area contributed by atoms with Gasteiger partial charge in [0.05, 0.1) is 0 Å². The van der Waals surface area contributed by atoms with Crippen LogP contribution in [0, 0.1) is 0 Å². The maximum Gasteiger partial charge on any atom is 0.323 e. The van der Waals surface area contributed by atoms with Crippen molar-refractivity contribution in [3.8, 4) is 0 Å². The minimum absolute atomic E-state index is 0.182. The van der Waals surface area contributed by atoms with Gasteiger partial charge in [-0.2, -0.15) is 0 Å². The summed E-state index contributed by atoms with van der Waals surface area (Å²) in [5, 5.41) is 0.618. The Morgan fingerprint density at radius 2 is 1.80 bits per heavy atom. The Balaban J connectivity index is 1.85. The van der Waals surface area contributed by atoms with Gasteiger partial charge in [-0.15, -0.1) is 0 Å². The van der Waals surface area contributed by atoms with E-state index in [2.05, 4.69) is 0 Å². The third-order valence-corrected chi connectivity index (χ3v) is 3.11. The number of esters is 1. The quantitative estimate of drug-likeness (QED) is 0.861. The average molecular weight is 290 g/mol. The van der Waals surface area contributed by atoms with Gasteiger partial charge < -0.3 is 10.5 Å². The van der Waals surface area contributed by atoms with E-state index in [0.29, 0.717) is 11.4 Å². The molecular weight excluding hydrogens is 274 g/mol. The maximum atomic E-state index is 11.8. The lowest BCUT2D eigenvalue weighted by Gasteiger charge is -2.11. The van der Waals surface area contributed by atoms with Gasteiger partial charge in [-0.3, -0.25) is 4.79 Å². The molecule has 0 aromatic heterocycles. The Labute approximate surface area is 123 Å². The summed E-state index contributed by atoms with van der Waals surface area (Å²) in [6.45, 7) is 0.182. The lowest BCUT2D eigenvalue weighted by atomic mass is 10.1. The molecule has 2 N–H and O–H groups in total. The van der Waals surface area contributed by atoms with Crippen LogP contribution in [0.2, 0.25) is 5.02 Å². The molecule has 1 atom stereocenters. The molecule has 0 aliphatic rings. The van der Waals surface area contributed by atoms with Gasteiger partial charge in [0, 0.05) is 5.02 Å². The molecule has 20 heavy (non-hydrogen) atoms. The monoisotopic (exact) mass is 289 g/mol. The van der Waals surface area contributed by atoms with Crippen LogP contribution in [-0.2, 0) is 22.6 Å². The molecule has 0 saturated carbocycles. The van der Waals surface area contributed by atoms with Gasteiger partial charge in [0.2, 0.25) is 0 Å². The first kappa shape index (κ1) is 14.6. The fourth-order valence-electron chi connectivity index (χ4n) is 1.84. The smallest absolute Gasteiger partial charge is 0.323 e. The van der Waals surface area contributed by atoms with E-state index in [-0.39, 0.29) is 6.61 Å². The molecule has 0 spiro atoms. The number of hydrogen-bond donors (Lipinski definition) is 1. The summed E-state index contributed by atoms with van der Waals surface area (Å²) in [7, 11) is 0. The normalized spacial score (nSPS) is 11.9. The van der Waals surface area contributed by atoms with Crippen molar-refractivity contribution in [2.75, 3.05) is 0 Å². The molecule has 104 valence electrons. The van der Waals surface area contributed by atoms with E-state index >= 15 is 0 Å². The number of carbonyl (C=O) groups is 1. The number of hydrogen-bond acceptors (Lipinski definition) is 3. The van der Waals surface area contributed by atoms with Crippen molar-refractivity contribution in [2.24, 2.45) is 5.73 Å². The van der Waals surface area contributed by atoms with Crippen LogP contribution in [0.15, 0.2) is 54.6 Å². The van der Waals surface area contributed by atoms with Crippen molar-refractivity contribution in [2.45, 2.75) is 19.1 Å². The van der Waals surface area contributed by atoms with Crippen LogP contribution in [0.1, 0.15) is 11.1 Å². The minimum atomic E-state index is -0.656. The molecule has 2 rings (SSSR count). The van der Waals surface area contributed by atoms with Crippen molar-refractivity contribution in [1.29, 1.82) is 0 Å². The molecular formula is C16H16ClNO2. The molecule has 0 heterocycles. The zero-order valence-electron chi connectivity index (χ0n) is 11.0. The standard InChI is InChI=1S/C16H16ClNO2/c17-14-8-4-7-13(9-14)11-20-16(19)15(18)10-12-5-2-1-3-6-12/h1-9,15H,10-11,18H2/t15-/m1/s1. The summed E-state index contributed by atoms with van der Waals surface area (Å²) >= 11 is 5.86. The summed E-state index contributed by atoms with van der Waals surface area (Å²) in [5.74, 6) is -0.408. The average Bonchev–Trinajstić information content (AvgIpc) is 2.46.